The van der Waals surface area contributed by atoms with Crippen LogP contribution in [0.4, 0.5) is 0 Å². The molecule has 0 N–H and O–H groups in total. The Morgan fingerprint density at radius 3 is 1.46 bits per heavy atom. The molecule has 2 heterocycles. The normalized spacial score (nSPS) is 14.0. The molecule has 11 aromatic rings. The Bertz CT molecular complexity index is 3900. The van der Waals surface area contributed by atoms with E-state index >= 15 is 0 Å². The number of para-hydroxylation sites is 1. The van der Waals surface area contributed by atoms with Gasteiger partial charge in [0, 0.05) is 21.9 Å². The predicted molar refractivity (Wildman–Crippen MR) is 252 cm³/mol. The molecule has 0 aliphatic carbocycles. The first kappa shape index (κ1) is 25.3. The molecule has 0 unspecified atom stereocenters. The highest BCUT2D eigenvalue weighted by Crippen LogP contribution is 2.43. The van der Waals surface area contributed by atoms with Crippen LogP contribution in [0.2, 0.25) is 0 Å². The van der Waals surface area contributed by atoms with Gasteiger partial charge in [-0.1, -0.05) is 188 Å². The lowest BCUT2D eigenvalue weighted by Crippen LogP contribution is -2.05. The molecule has 11 rings (SSSR count). The molecule has 0 spiro atoms. The Balaban J connectivity index is 1.34. The van der Waals surface area contributed by atoms with Crippen molar-refractivity contribution >= 4 is 21.8 Å². The Labute approximate surface area is 371 Å². The largest absolute Gasteiger partial charge is 0.308 e. The second-order valence-electron chi connectivity index (χ2n) is 14.3. The van der Waals surface area contributed by atoms with E-state index in [4.69, 9.17) is 24.5 Å². The third kappa shape index (κ3) is 6.76. The molecule has 286 valence electrons. The standard InChI is InChI=1S/C57H38N4/c1-6-19-39(20-7-1)44-33-34-52-50(38-44)49-29-16-17-31-51(49)61(52)53-32-18-30-48(47-36-45(40-21-8-2-9-22-40)35-46(37-47)41-23-10-3-11-24-41)54(53)57-59-55(42-25-12-4-13-26-42)58-56(60-57)43-27-14-5-15-28-43/h1-38H/i1D,6D,7D,16D,17D,19D,20D,29D,31D,33D,34D,38D. The first-order valence-electron chi connectivity index (χ1n) is 25.6. The molecule has 9 aromatic carbocycles. The number of fused-ring (bicyclic) bond motifs is 3. The van der Waals surface area contributed by atoms with Gasteiger partial charge in [-0.2, -0.15) is 0 Å². The summed E-state index contributed by atoms with van der Waals surface area (Å²) in [6, 6.07) is 42.6. The molecule has 0 saturated heterocycles. The maximum Gasteiger partial charge on any atom is 0.166 e. The molecule has 0 fully saturated rings. The molecule has 0 bridgehead atoms. The molecule has 61 heavy (non-hydrogen) atoms. The van der Waals surface area contributed by atoms with Gasteiger partial charge in [-0.15, -0.1) is 0 Å². The van der Waals surface area contributed by atoms with Crippen LogP contribution < -0.4 is 0 Å². The zero-order valence-electron chi connectivity index (χ0n) is 44.3. The van der Waals surface area contributed by atoms with Crippen molar-refractivity contribution in [3.63, 3.8) is 0 Å². The van der Waals surface area contributed by atoms with E-state index in [9.17, 15) is 6.85 Å². The van der Waals surface area contributed by atoms with Crippen molar-refractivity contribution in [2.24, 2.45) is 0 Å². The number of benzene rings is 9. The van der Waals surface area contributed by atoms with Crippen molar-refractivity contribution in [1.29, 1.82) is 0 Å². The molecule has 0 aliphatic rings. The summed E-state index contributed by atoms with van der Waals surface area (Å²) >= 11 is 0. The summed E-state index contributed by atoms with van der Waals surface area (Å²) in [6.07, 6.45) is 0. The number of nitrogens with zero attached hydrogens (tertiary/aromatic N) is 4. The maximum atomic E-state index is 9.87. The van der Waals surface area contributed by atoms with Crippen LogP contribution in [-0.2, 0) is 0 Å². The lowest BCUT2D eigenvalue weighted by atomic mass is 9.90. The molecule has 0 amide bonds. The van der Waals surface area contributed by atoms with Gasteiger partial charge in [-0.25, -0.2) is 15.0 Å². The van der Waals surface area contributed by atoms with Crippen LogP contribution in [0.5, 0.6) is 0 Å². The highest BCUT2D eigenvalue weighted by atomic mass is 15.1. The SMILES string of the molecule is [2H]c1c([2H])c([2H])c(-c2c([2H])c([2H])c3c(c2[2H])c2c([2H])c([2H])c([2H])c([2H])c2n3-c2cccc(-c3cc(-c4ccccc4)cc(-c4ccccc4)c3)c2-c2nc(-c3ccccc3)nc(-c3ccccc3)n2)c([2H])c1[2H]. The fraction of sp³-hybridized carbons (Fsp3) is 0. The van der Waals surface area contributed by atoms with Gasteiger partial charge in [0.25, 0.3) is 0 Å². The summed E-state index contributed by atoms with van der Waals surface area (Å²) in [4.78, 5) is 15.4. The van der Waals surface area contributed by atoms with Crippen LogP contribution in [0.15, 0.2) is 230 Å². The molecule has 2 aromatic heterocycles. The second-order valence-corrected chi connectivity index (χ2v) is 14.3. The van der Waals surface area contributed by atoms with Gasteiger partial charge in [0.1, 0.15) is 0 Å². The average molecular weight is 791 g/mol. The first-order valence-corrected chi connectivity index (χ1v) is 19.6. The Morgan fingerprint density at radius 2 is 0.852 bits per heavy atom. The maximum absolute atomic E-state index is 9.87. The van der Waals surface area contributed by atoms with Crippen molar-refractivity contribution in [1.82, 2.24) is 19.5 Å². The average Bonchev–Trinajstić information content (AvgIpc) is 3.80. The zero-order chi connectivity index (χ0) is 51.0. The van der Waals surface area contributed by atoms with E-state index < -0.39 is 83.6 Å². The van der Waals surface area contributed by atoms with Crippen LogP contribution in [0.1, 0.15) is 16.4 Å². The fourth-order valence-corrected chi connectivity index (χ4v) is 7.76. The van der Waals surface area contributed by atoms with Crippen LogP contribution in [-0.4, -0.2) is 19.5 Å². The second kappa shape index (κ2) is 15.5. The number of hydrogen-bond donors (Lipinski definition) is 0. The summed E-state index contributed by atoms with van der Waals surface area (Å²) in [5.74, 6) is 0.798. The minimum atomic E-state index is -0.707. The Kier molecular flexibility index (Phi) is 6.44. The van der Waals surface area contributed by atoms with Crippen molar-refractivity contribution in [2.75, 3.05) is 0 Å². The smallest absolute Gasteiger partial charge is 0.166 e. The molecule has 0 aliphatic heterocycles. The highest BCUT2D eigenvalue weighted by Gasteiger charge is 2.23. The van der Waals surface area contributed by atoms with Gasteiger partial charge < -0.3 is 4.57 Å². The molecule has 0 atom stereocenters. The first-order chi connectivity index (χ1) is 35.2. The van der Waals surface area contributed by atoms with Crippen LogP contribution >= 0.6 is 0 Å². The lowest BCUT2D eigenvalue weighted by molar-refractivity contribution is 1.06. The van der Waals surface area contributed by atoms with Gasteiger partial charge in [-0.3, -0.25) is 0 Å². The van der Waals surface area contributed by atoms with E-state index in [0.717, 1.165) is 22.3 Å². The molecular weight excluding hydrogens is 741 g/mol. The number of hydrogen-bond acceptors (Lipinski definition) is 3. The van der Waals surface area contributed by atoms with Crippen LogP contribution in [0.25, 0.3) is 106 Å². The summed E-state index contributed by atoms with van der Waals surface area (Å²) in [6.45, 7) is 0. The lowest BCUT2D eigenvalue weighted by Gasteiger charge is -2.19. The van der Waals surface area contributed by atoms with Gasteiger partial charge in [0.05, 0.1) is 38.7 Å². The fourth-order valence-electron chi connectivity index (χ4n) is 7.76. The monoisotopic (exact) mass is 790 g/mol. The third-order valence-electron chi connectivity index (χ3n) is 10.6. The summed E-state index contributed by atoms with van der Waals surface area (Å²) < 4.78 is 111. The van der Waals surface area contributed by atoms with E-state index in [0.29, 0.717) is 39.5 Å². The molecule has 0 radical (unpaired) electrons. The highest BCUT2D eigenvalue weighted by molar-refractivity contribution is 6.11. The minimum Gasteiger partial charge on any atom is -0.308 e. The van der Waals surface area contributed by atoms with E-state index in [1.54, 1.807) is 12.1 Å². The van der Waals surface area contributed by atoms with E-state index in [-0.39, 0.29) is 33.3 Å². The van der Waals surface area contributed by atoms with Gasteiger partial charge in [0.2, 0.25) is 0 Å². The predicted octanol–water partition coefficient (Wildman–Crippen LogP) is 14.6. The minimum absolute atomic E-state index is 0.136. The topological polar surface area (TPSA) is 43.6 Å². The van der Waals surface area contributed by atoms with Crippen molar-refractivity contribution < 1.29 is 16.4 Å². The van der Waals surface area contributed by atoms with Crippen LogP contribution in [0.3, 0.4) is 0 Å². The molecule has 4 heteroatoms. The quantitative estimate of drug-likeness (QED) is 0.154. The Morgan fingerprint density at radius 1 is 0.344 bits per heavy atom. The van der Waals surface area contributed by atoms with Crippen LogP contribution in [0, 0.1) is 0 Å². The van der Waals surface area contributed by atoms with Crippen molar-refractivity contribution in [3.8, 4) is 84.4 Å². The van der Waals surface area contributed by atoms with Crippen molar-refractivity contribution in [3.05, 3.63) is 230 Å². The summed E-state index contributed by atoms with van der Waals surface area (Å²) in [7, 11) is 0. The Hall–Kier alpha value is -8.21. The van der Waals surface area contributed by atoms with Gasteiger partial charge >= 0.3 is 0 Å². The summed E-state index contributed by atoms with van der Waals surface area (Å²) in [5.41, 5.74) is 5.62. The van der Waals surface area contributed by atoms with E-state index in [2.05, 4.69) is 6.07 Å². The molecule has 4 nitrogen and oxygen atoms in total. The summed E-state index contributed by atoms with van der Waals surface area (Å²) in [5, 5.41) is -0.364. The van der Waals surface area contributed by atoms with Crippen molar-refractivity contribution in [2.45, 2.75) is 0 Å². The molecular formula is C57H38N4. The molecule has 0 saturated carbocycles. The van der Waals surface area contributed by atoms with E-state index in [1.807, 2.05) is 140 Å². The number of aromatic nitrogens is 4. The zero-order valence-corrected chi connectivity index (χ0v) is 32.3. The third-order valence-corrected chi connectivity index (χ3v) is 10.6. The van der Waals surface area contributed by atoms with Gasteiger partial charge in [0.15, 0.2) is 17.5 Å². The van der Waals surface area contributed by atoms with E-state index in [1.165, 1.54) is 4.57 Å². The number of rotatable bonds is 8. The van der Waals surface area contributed by atoms with Gasteiger partial charge in [-0.05, 0) is 86.9 Å².